The fraction of sp³-hybridized carbons (Fsp3) is 0.333. The Hall–Kier alpha value is -1.49. The highest BCUT2D eigenvalue weighted by Gasteiger charge is 2.12. The van der Waals surface area contributed by atoms with Crippen LogP contribution in [0.25, 0.3) is 0 Å². The highest BCUT2D eigenvalue weighted by molar-refractivity contribution is 6.32. The van der Waals surface area contributed by atoms with Crippen molar-refractivity contribution in [3.05, 3.63) is 58.4 Å². The molecular formula is C18H22Cl2FNO2. The fourth-order valence-electron chi connectivity index (χ4n) is 2.22. The maximum atomic E-state index is 12.9. The molecule has 0 fully saturated rings. The van der Waals surface area contributed by atoms with Gasteiger partial charge in [0.1, 0.15) is 5.82 Å². The molecule has 0 aliphatic heterocycles. The zero-order chi connectivity index (χ0) is 16.7. The summed E-state index contributed by atoms with van der Waals surface area (Å²) in [6.07, 6.45) is 0. The van der Waals surface area contributed by atoms with Gasteiger partial charge in [-0.1, -0.05) is 23.7 Å². The molecule has 0 saturated carbocycles. The van der Waals surface area contributed by atoms with Crippen LogP contribution in [0, 0.1) is 5.82 Å². The summed E-state index contributed by atoms with van der Waals surface area (Å²) in [5.41, 5.74) is 2.03. The van der Waals surface area contributed by atoms with E-state index in [1.54, 1.807) is 12.1 Å². The molecule has 2 rings (SSSR count). The van der Waals surface area contributed by atoms with Gasteiger partial charge in [-0.05, 0) is 49.2 Å². The predicted molar refractivity (Wildman–Crippen MR) is 98.0 cm³/mol. The molecule has 0 bridgehead atoms. The van der Waals surface area contributed by atoms with Crippen molar-refractivity contribution in [3.63, 3.8) is 0 Å². The van der Waals surface area contributed by atoms with Gasteiger partial charge >= 0.3 is 0 Å². The van der Waals surface area contributed by atoms with Gasteiger partial charge in [0.25, 0.3) is 0 Å². The van der Waals surface area contributed by atoms with Crippen molar-refractivity contribution in [1.82, 2.24) is 5.32 Å². The molecule has 0 aromatic heterocycles. The van der Waals surface area contributed by atoms with E-state index in [1.807, 2.05) is 26.0 Å². The molecule has 6 heteroatoms. The van der Waals surface area contributed by atoms with Crippen LogP contribution in [0.4, 0.5) is 4.39 Å². The summed E-state index contributed by atoms with van der Waals surface area (Å²) in [6.45, 7) is 6.18. The fourth-order valence-corrected chi connectivity index (χ4v) is 2.51. The first kappa shape index (κ1) is 20.6. The summed E-state index contributed by atoms with van der Waals surface area (Å²) in [7, 11) is 0. The lowest BCUT2D eigenvalue weighted by molar-refractivity contribution is 0.287. The number of benzene rings is 2. The molecule has 0 saturated heterocycles. The van der Waals surface area contributed by atoms with Crippen LogP contribution in [-0.4, -0.2) is 13.2 Å². The Balaban J connectivity index is 0.00000288. The van der Waals surface area contributed by atoms with Gasteiger partial charge in [0.15, 0.2) is 11.5 Å². The maximum Gasteiger partial charge on any atom is 0.179 e. The Kier molecular flexibility index (Phi) is 8.90. The van der Waals surface area contributed by atoms with Gasteiger partial charge in [0, 0.05) is 13.1 Å². The second kappa shape index (κ2) is 10.4. The van der Waals surface area contributed by atoms with E-state index in [0.29, 0.717) is 42.8 Å². The highest BCUT2D eigenvalue weighted by Crippen LogP contribution is 2.36. The molecule has 1 N–H and O–H groups in total. The molecule has 0 spiro atoms. The first-order valence-corrected chi connectivity index (χ1v) is 8.05. The second-order valence-electron chi connectivity index (χ2n) is 5.00. The lowest BCUT2D eigenvalue weighted by Gasteiger charge is -2.14. The summed E-state index contributed by atoms with van der Waals surface area (Å²) in [5.74, 6) is 1.01. The Labute approximate surface area is 153 Å². The van der Waals surface area contributed by atoms with Gasteiger partial charge in [-0.2, -0.15) is 0 Å². The van der Waals surface area contributed by atoms with Crippen LogP contribution in [-0.2, 0) is 13.1 Å². The molecule has 2 aromatic carbocycles. The third-order valence-corrected chi connectivity index (χ3v) is 3.51. The number of ether oxygens (including phenoxy) is 2. The minimum Gasteiger partial charge on any atom is -0.490 e. The minimum absolute atomic E-state index is 0. The van der Waals surface area contributed by atoms with Crippen molar-refractivity contribution in [1.29, 1.82) is 0 Å². The summed E-state index contributed by atoms with van der Waals surface area (Å²) in [6, 6.07) is 10.2. The molecule has 3 nitrogen and oxygen atoms in total. The Morgan fingerprint density at radius 2 is 1.58 bits per heavy atom. The van der Waals surface area contributed by atoms with Crippen LogP contribution in [0.5, 0.6) is 11.5 Å². The summed E-state index contributed by atoms with van der Waals surface area (Å²) in [5, 5.41) is 3.85. The monoisotopic (exact) mass is 373 g/mol. The zero-order valence-electron chi connectivity index (χ0n) is 13.8. The standard InChI is InChI=1S/C18H21ClFNO2.ClH/c1-3-22-17-10-14(9-16(19)18(17)23-4-2)12-21-11-13-5-7-15(20)8-6-13;/h5-10,21H,3-4,11-12H2,1-2H3;1H. The Morgan fingerprint density at radius 1 is 0.958 bits per heavy atom. The molecule has 0 aliphatic carbocycles. The van der Waals surface area contributed by atoms with E-state index in [1.165, 1.54) is 12.1 Å². The number of rotatable bonds is 8. The highest BCUT2D eigenvalue weighted by atomic mass is 35.5. The normalized spacial score (nSPS) is 10.2. The molecule has 2 aromatic rings. The lowest BCUT2D eigenvalue weighted by Crippen LogP contribution is -2.13. The molecule has 0 aliphatic rings. The van der Waals surface area contributed by atoms with Crippen molar-refractivity contribution in [2.45, 2.75) is 26.9 Å². The van der Waals surface area contributed by atoms with Crippen LogP contribution in [0.1, 0.15) is 25.0 Å². The molecule has 132 valence electrons. The van der Waals surface area contributed by atoms with Crippen molar-refractivity contribution in [3.8, 4) is 11.5 Å². The van der Waals surface area contributed by atoms with Crippen LogP contribution in [0.3, 0.4) is 0 Å². The molecule has 0 heterocycles. The largest absolute Gasteiger partial charge is 0.490 e. The quantitative estimate of drug-likeness (QED) is 0.706. The summed E-state index contributed by atoms with van der Waals surface area (Å²) < 4.78 is 24.0. The average Bonchev–Trinajstić information content (AvgIpc) is 2.53. The number of nitrogens with one attached hydrogen (secondary N) is 1. The molecule has 24 heavy (non-hydrogen) atoms. The van der Waals surface area contributed by atoms with E-state index < -0.39 is 0 Å². The van der Waals surface area contributed by atoms with E-state index in [-0.39, 0.29) is 18.2 Å². The third-order valence-electron chi connectivity index (χ3n) is 3.23. The van der Waals surface area contributed by atoms with Crippen molar-refractivity contribution in [2.24, 2.45) is 0 Å². The van der Waals surface area contributed by atoms with E-state index in [0.717, 1.165) is 11.1 Å². The van der Waals surface area contributed by atoms with Crippen molar-refractivity contribution in [2.75, 3.05) is 13.2 Å². The molecule has 0 amide bonds. The van der Waals surface area contributed by atoms with Gasteiger partial charge in [-0.15, -0.1) is 12.4 Å². The minimum atomic E-state index is -0.228. The molecule has 0 unspecified atom stereocenters. The summed E-state index contributed by atoms with van der Waals surface area (Å²) >= 11 is 6.29. The first-order valence-electron chi connectivity index (χ1n) is 7.67. The third kappa shape index (κ3) is 5.86. The second-order valence-corrected chi connectivity index (χ2v) is 5.41. The van der Waals surface area contributed by atoms with Gasteiger partial charge in [0.05, 0.1) is 18.2 Å². The van der Waals surface area contributed by atoms with E-state index in [9.17, 15) is 4.39 Å². The number of hydrogen-bond acceptors (Lipinski definition) is 3. The van der Waals surface area contributed by atoms with Gasteiger partial charge in [-0.3, -0.25) is 0 Å². The van der Waals surface area contributed by atoms with E-state index in [2.05, 4.69) is 5.32 Å². The van der Waals surface area contributed by atoms with E-state index >= 15 is 0 Å². The maximum absolute atomic E-state index is 12.9. The predicted octanol–water partition coefficient (Wildman–Crippen LogP) is 4.99. The molecular weight excluding hydrogens is 352 g/mol. The zero-order valence-corrected chi connectivity index (χ0v) is 15.3. The van der Waals surface area contributed by atoms with Crippen LogP contribution < -0.4 is 14.8 Å². The number of halogens is 3. The number of hydrogen-bond donors (Lipinski definition) is 1. The summed E-state index contributed by atoms with van der Waals surface area (Å²) in [4.78, 5) is 0. The van der Waals surface area contributed by atoms with Gasteiger partial charge < -0.3 is 14.8 Å². The topological polar surface area (TPSA) is 30.5 Å². The van der Waals surface area contributed by atoms with Crippen LogP contribution in [0.2, 0.25) is 5.02 Å². The van der Waals surface area contributed by atoms with Crippen LogP contribution in [0.15, 0.2) is 36.4 Å². The average molecular weight is 374 g/mol. The van der Waals surface area contributed by atoms with Crippen LogP contribution >= 0.6 is 24.0 Å². The first-order chi connectivity index (χ1) is 11.1. The molecule has 0 atom stereocenters. The Bertz CT molecular complexity index is 636. The van der Waals surface area contributed by atoms with Gasteiger partial charge in [-0.25, -0.2) is 4.39 Å². The smallest absolute Gasteiger partial charge is 0.179 e. The Morgan fingerprint density at radius 3 is 2.21 bits per heavy atom. The van der Waals surface area contributed by atoms with Crippen molar-refractivity contribution < 1.29 is 13.9 Å². The molecule has 0 radical (unpaired) electrons. The van der Waals surface area contributed by atoms with Crippen molar-refractivity contribution >= 4 is 24.0 Å². The van der Waals surface area contributed by atoms with E-state index in [4.69, 9.17) is 21.1 Å². The lowest BCUT2D eigenvalue weighted by atomic mass is 10.1. The van der Waals surface area contributed by atoms with Gasteiger partial charge in [0.2, 0.25) is 0 Å². The SMILES string of the molecule is CCOc1cc(CNCc2ccc(F)cc2)cc(Cl)c1OCC.Cl.